The molecule has 0 saturated carbocycles. The van der Waals surface area contributed by atoms with Crippen LogP contribution in [-0.2, 0) is 6.54 Å². The summed E-state index contributed by atoms with van der Waals surface area (Å²) in [4.78, 5) is 12.7. The van der Waals surface area contributed by atoms with Crippen LogP contribution in [0.4, 0.5) is 5.82 Å². The molecule has 5 nitrogen and oxygen atoms in total. The lowest BCUT2D eigenvalue weighted by Gasteiger charge is -2.02. The van der Waals surface area contributed by atoms with Gasteiger partial charge in [-0.05, 0) is 13.0 Å². The lowest BCUT2D eigenvalue weighted by atomic mass is 10.4. The first-order valence-electron chi connectivity index (χ1n) is 5.10. The van der Waals surface area contributed by atoms with E-state index in [-0.39, 0.29) is 0 Å². The van der Waals surface area contributed by atoms with Gasteiger partial charge >= 0.3 is 0 Å². The number of fused-ring (bicyclic) bond motifs is 1. The first-order chi connectivity index (χ1) is 7.86. The minimum absolute atomic E-state index is 0.634. The molecule has 0 radical (unpaired) electrons. The van der Waals surface area contributed by atoms with E-state index in [2.05, 4.69) is 39.5 Å². The highest BCUT2D eigenvalue weighted by Crippen LogP contribution is 2.16. The zero-order valence-electron chi connectivity index (χ0n) is 9.14. The van der Waals surface area contributed by atoms with Gasteiger partial charge in [0.05, 0.1) is 6.33 Å². The lowest BCUT2D eigenvalue weighted by Crippen LogP contribution is -2.02. The molecule has 0 aliphatic heterocycles. The zero-order chi connectivity index (χ0) is 11.4. The lowest BCUT2D eigenvalue weighted by molar-refractivity contribution is 0.777. The minimum Gasteiger partial charge on any atom is -0.364 e. The first kappa shape index (κ1) is 10.4. The fraction of sp³-hybridized carbons (Fsp3) is 0.273. The number of hydrogen-bond acceptors (Lipinski definition) is 4. The van der Waals surface area contributed by atoms with Crippen molar-refractivity contribution in [3.8, 4) is 0 Å². The molecule has 2 aromatic heterocycles. The SMILES string of the molecule is C=C=CCNc1ncnc2c1ncn2CC. The summed E-state index contributed by atoms with van der Waals surface area (Å²) in [6, 6.07) is 0. The van der Waals surface area contributed by atoms with Gasteiger partial charge in [-0.25, -0.2) is 15.0 Å². The quantitative estimate of drug-likeness (QED) is 0.787. The molecule has 0 atom stereocenters. The van der Waals surface area contributed by atoms with E-state index in [0.717, 1.165) is 23.5 Å². The standard InChI is InChI=1S/C11H13N5/c1-3-5-6-12-10-9-11(14-7-13-10)16(4-2)8-15-9/h5,7-8H,1,4,6H2,2H3,(H,12,13,14). The molecule has 1 N–H and O–H groups in total. The second kappa shape index (κ2) is 4.59. The van der Waals surface area contributed by atoms with Crippen LogP contribution in [0.2, 0.25) is 0 Å². The number of nitrogens with one attached hydrogen (secondary N) is 1. The normalized spacial score (nSPS) is 10.1. The Kier molecular flexibility index (Phi) is 2.98. The molecule has 0 fully saturated rings. The molecule has 0 saturated heterocycles. The van der Waals surface area contributed by atoms with E-state index in [1.54, 1.807) is 12.4 Å². The van der Waals surface area contributed by atoms with Crippen molar-refractivity contribution in [1.29, 1.82) is 0 Å². The second-order valence-electron chi connectivity index (χ2n) is 3.21. The number of anilines is 1. The molecule has 2 aromatic rings. The average molecular weight is 215 g/mol. The van der Waals surface area contributed by atoms with Gasteiger partial charge in [0.25, 0.3) is 0 Å². The smallest absolute Gasteiger partial charge is 0.165 e. The summed E-state index contributed by atoms with van der Waals surface area (Å²) in [5.74, 6) is 0.740. The summed E-state index contributed by atoms with van der Waals surface area (Å²) in [6.45, 7) is 7.03. The Hall–Kier alpha value is -2.13. The molecule has 0 unspecified atom stereocenters. The van der Waals surface area contributed by atoms with Gasteiger partial charge in [0.15, 0.2) is 11.5 Å². The van der Waals surface area contributed by atoms with Crippen LogP contribution in [0.5, 0.6) is 0 Å². The molecule has 16 heavy (non-hydrogen) atoms. The molecule has 2 heterocycles. The summed E-state index contributed by atoms with van der Waals surface area (Å²) in [7, 11) is 0. The van der Waals surface area contributed by atoms with E-state index in [1.807, 2.05) is 4.57 Å². The monoisotopic (exact) mass is 215 g/mol. The molecule has 2 rings (SSSR count). The Balaban J connectivity index is 2.38. The van der Waals surface area contributed by atoms with Crippen LogP contribution >= 0.6 is 0 Å². The van der Waals surface area contributed by atoms with Crippen molar-refractivity contribution in [2.45, 2.75) is 13.5 Å². The molecule has 0 amide bonds. The van der Waals surface area contributed by atoms with Crippen molar-refractivity contribution in [2.75, 3.05) is 11.9 Å². The second-order valence-corrected chi connectivity index (χ2v) is 3.21. The Morgan fingerprint density at radius 1 is 1.50 bits per heavy atom. The number of imidazole rings is 1. The van der Waals surface area contributed by atoms with Crippen LogP contribution in [0.25, 0.3) is 11.2 Å². The molecule has 0 aliphatic rings. The molecule has 0 aliphatic carbocycles. The van der Waals surface area contributed by atoms with Gasteiger partial charge in [-0.1, -0.05) is 6.58 Å². The summed E-state index contributed by atoms with van der Waals surface area (Å²) in [5, 5.41) is 3.14. The average Bonchev–Trinajstić information content (AvgIpc) is 2.73. The summed E-state index contributed by atoms with van der Waals surface area (Å²) >= 11 is 0. The highest BCUT2D eigenvalue weighted by atomic mass is 15.1. The summed E-state index contributed by atoms with van der Waals surface area (Å²) < 4.78 is 1.98. The number of hydrogen-bond donors (Lipinski definition) is 1. The Morgan fingerprint density at radius 2 is 2.38 bits per heavy atom. The maximum absolute atomic E-state index is 4.29. The van der Waals surface area contributed by atoms with Gasteiger partial charge in [-0.3, -0.25) is 0 Å². The van der Waals surface area contributed by atoms with E-state index in [0.29, 0.717) is 6.54 Å². The van der Waals surface area contributed by atoms with Crippen molar-refractivity contribution in [1.82, 2.24) is 19.5 Å². The van der Waals surface area contributed by atoms with Crippen LogP contribution < -0.4 is 5.32 Å². The number of aromatic nitrogens is 4. The maximum Gasteiger partial charge on any atom is 0.165 e. The van der Waals surface area contributed by atoms with E-state index in [1.165, 1.54) is 6.33 Å². The molecule has 5 heteroatoms. The zero-order valence-corrected chi connectivity index (χ0v) is 9.14. The van der Waals surface area contributed by atoms with Gasteiger partial charge in [0.1, 0.15) is 11.8 Å². The van der Waals surface area contributed by atoms with Crippen molar-refractivity contribution in [3.05, 3.63) is 31.0 Å². The molecular formula is C11H13N5. The van der Waals surface area contributed by atoms with E-state index in [9.17, 15) is 0 Å². The molecular weight excluding hydrogens is 202 g/mol. The summed E-state index contributed by atoms with van der Waals surface area (Å²) in [6.07, 6.45) is 5.11. The highest BCUT2D eigenvalue weighted by Gasteiger charge is 2.07. The number of aryl methyl sites for hydroxylation is 1. The molecule has 0 spiro atoms. The van der Waals surface area contributed by atoms with Gasteiger partial charge in [-0.15, -0.1) is 5.73 Å². The van der Waals surface area contributed by atoms with Crippen LogP contribution in [-0.4, -0.2) is 26.1 Å². The van der Waals surface area contributed by atoms with Crippen LogP contribution in [0.1, 0.15) is 6.92 Å². The molecule has 0 bridgehead atoms. The third kappa shape index (κ3) is 1.81. The van der Waals surface area contributed by atoms with Gasteiger partial charge in [-0.2, -0.15) is 0 Å². The largest absolute Gasteiger partial charge is 0.364 e. The summed E-state index contributed by atoms with van der Waals surface area (Å²) in [5.41, 5.74) is 4.34. The fourth-order valence-corrected chi connectivity index (χ4v) is 1.46. The maximum atomic E-state index is 4.29. The topological polar surface area (TPSA) is 55.6 Å². The van der Waals surface area contributed by atoms with Crippen LogP contribution in [0, 0.1) is 0 Å². The predicted octanol–water partition coefficient (Wildman–Crippen LogP) is 1.60. The minimum atomic E-state index is 0.634. The Labute approximate surface area is 93.6 Å². The highest BCUT2D eigenvalue weighted by molar-refractivity contribution is 5.82. The van der Waals surface area contributed by atoms with E-state index in [4.69, 9.17) is 0 Å². The van der Waals surface area contributed by atoms with Gasteiger partial charge in [0.2, 0.25) is 0 Å². The Morgan fingerprint density at radius 3 is 3.12 bits per heavy atom. The van der Waals surface area contributed by atoms with Crippen molar-refractivity contribution in [3.63, 3.8) is 0 Å². The predicted molar refractivity (Wildman–Crippen MR) is 63.2 cm³/mol. The van der Waals surface area contributed by atoms with E-state index < -0.39 is 0 Å². The van der Waals surface area contributed by atoms with Crippen molar-refractivity contribution < 1.29 is 0 Å². The Bertz CT molecular complexity index is 536. The van der Waals surface area contributed by atoms with Crippen molar-refractivity contribution >= 4 is 17.0 Å². The third-order valence-electron chi connectivity index (χ3n) is 2.26. The van der Waals surface area contributed by atoms with Crippen LogP contribution in [0.15, 0.2) is 31.0 Å². The first-order valence-corrected chi connectivity index (χ1v) is 5.10. The van der Waals surface area contributed by atoms with E-state index >= 15 is 0 Å². The number of rotatable bonds is 4. The third-order valence-corrected chi connectivity index (χ3v) is 2.26. The fourth-order valence-electron chi connectivity index (χ4n) is 1.46. The number of nitrogens with zero attached hydrogens (tertiary/aromatic N) is 4. The van der Waals surface area contributed by atoms with Gasteiger partial charge in [0, 0.05) is 13.1 Å². The molecule has 82 valence electrons. The van der Waals surface area contributed by atoms with Gasteiger partial charge < -0.3 is 9.88 Å². The van der Waals surface area contributed by atoms with Crippen LogP contribution in [0.3, 0.4) is 0 Å². The van der Waals surface area contributed by atoms with Crippen molar-refractivity contribution in [2.24, 2.45) is 0 Å². The molecule has 0 aromatic carbocycles.